The van der Waals surface area contributed by atoms with Crippen LogP contribution in [0.1, 0.15) is 32.1 Å². The summed E-state index contributed by atoms with van der Waals surface area (Å²) in [4.78, 5) is 0. The Morgan fingerprint density at radius 1 is 1.11 bits per heavy atom. The highest BCUT2D eigenvalue weighted by Gasteiger charge is 2.20. The first kappa shape index (κ1) is 15.9. The van der Waals surface area contributed by atoms with E-state index in [4.69, 9.17) is 4.74 Å². The fraction of sp³-hybridized carbons (Fsp3) is 1.00. The second-order valence-corrected chi connectivity index (χ2v) is 6.77. The second-order valence-electron chi connectivity index (χ2n) is 4.92. The van der Waals surface area contributed by atoms with Crippen molar-refractivity contribution in [1.82, 2.24) is 10.0 Å². The monoisotopic (exact) mass is 278 g/mol. The summed E-state index contributed by atoms with van der Waals surface area (Å²) in [5, 5.41) is 3.11. The summed E-state index contributed by atoms with van der Waals surface area (Å²) >= 11 is 0. The van der Waals surface area contributed by atoms with E-state index in [2.05, 4.69) is 10.0 Å². The first-order valence-corrected chi connectivity index (χ1v) is 8.46. The van der Waals surface area contributed by atoms with Crippen molar-refractivity contribution >= 4 is 10.0 Å². The molecule has 0 aliphatic heterocycles. The molecule has 1 saturated carbocycles. The normalized spacial score (nSPS) is 18.1. The molecule has 5 nitrogen and oxygen atoms in total. The van der Waals surface area contributed by atoms with Gasteiger partial charge in [-0.3, -0.25) is 0 Å². The van der Waals surface area contributed by atoms with E-state index in [1.54, 1.807) is 7.11 Å². The quantitative estimate of drug-likeness (QED) is 0.610. The van der Waals surface area contributed by atoms with Crippen LogP contribution < -0.4 is 10.0 Å². The molecule has 0 aromatic carbocycles. The van der Waals surface area contributed by atoms with Crippen LogP contribution in [0.15, 0.2) is 0 Å². The summed E-state index contributed by atoms with van der Waals surface area (Å²) in [5.74, 6) is 0.656. The Bertz CT molecular complexity index is 300. The summed E-state index contributed by atoms with van der Waals surface area (Å²) in [6.45, 7) is 2.50. The van der Waals surface area contributed by atoms with Crippen LogP contribution in [0.25, 0.3) is 0 Å². The molecule has 18 heavy (non-hydrogen) atoms. The molecule has 0 radical (unpaired) electrons. The van der Waals surface area contributed by atoms with Crippen LogP contribution in [-0.2, 0) is 14.8 Å². The highest BCUT2D eigenvalue weighted by Crippen LogP contribution is 2.24. The minimum atomic E-state index is -3.10. The van der Waals surface area contributed by atoms with Crippen molar-refractivity contribution in [3.8, 4) is 0 Å². The molecule has 2 N–H and O–H groups in total. The van der Waals surface area contributed by atoms with Gasteiger partial charge >= 0.3 is 0 Å². The largest absolute Gasteiger partial charge is 0.383 e. The van der Waals surface area contributed by atoms with E-state index >= 15 is 0 Å². The van der Waals surface area contributed by atoms with Crippen LogP contribution in [-0.4, -0.2) is 47.5 Å². The number of hydrogen-bond donors (Lipinski definition) is 2. The highest BCUT2D eigenvalue weighted by atomic mass is 32.2. The molecule has 1 rings (SSSR count). The topological polar surface area (TPSA) is 67.4 Å². The van der Waals surface area contributed by atoms with E-state index in [1.165, 1.54) is 19.3 Å². The van der Waals surface area contributed by atoms with Gasteiger partial charge in [0.1, 0.15) is 0 Å². The number of rotatable bonds is 9. The van der Waals surface area contributed by atoms with Crippen LogP contribution in [0.3, 0.4) is 0 Å². The molecule has 6 heteroatoms. The molecule has 0 heterocycles. The summed E-state index contributed by atoms with van der Waals surface area (Å²) in [5.41, 5.74) is 0. The summed E-state index contributed by atoms with van der Waals surface area (Å²) < 4.78 is 31.2. The molecular weight excluding hydrogens is 252 g/mol. The highest BCUT2D eigenvalue weighted by molar-refractivity contribution is 7.89. The molecule has 0 unspecified atom stereocenters. The van der Waals surface area contributed by atoms with Gasteiger partial charge in [0.2, 0.25) is 10.0 Å². The van der Waals surface area contributed by atoms with Gasteiger partial charge in [0.15, 0.2) is 0 Å². The lowest BCUT2D eigenvalue weighted by atomic mass is 9.91. The third-order valence-corrected chi connectivity index (χ3v) is 4.84. The van der Waals surface area contributed by atoms with Crippen LogP contribution in [0.2, 0.25) is 0 Å². The lowest BCUT2D eigenvalue weighted by Crippen LogP contribution is -2.36. The van der Waals surface area contributed by atoms with Gasteiger partial charge in [0, 0.05) is 26.7 Å². The zero-order valence-corrected chi connectivity index (χ0v) is 12.1. The third-order valence-electron chi connectivity index (χ3n) is 3.29. The van der Waals surface area contributed by atoms with Crippen molar-refractivity contribution in [2.45, 2.75) is 32.1 Å². The van der Waals surface area contributed by atoms with Gasteiger partial charge in [-0.2, -0.15) is 0 Å². The van der Waals surface area contributed by atoms with Gasteiger partial charge in [0.25, 0.3) is 0 Å². The summed E-state index contributed by atoms with van der Waals surface area (Å²) in [6, 6.07) is 0. The van der Waals surface area contributed by atoms with Crippen LogP contribution in [0.5, 0.6) is 0 Å². The Morgan fingerprint density at radius 3 is 2.50 bits per heavy atom. The first-order chi connectivity index (χ1) is 8.64. The average Bonchev–Trinajstić information content (AvgIpc) is 2.34. The fourth-order valence-corrected chi connectivity index (χ4v) is 3.80. The van der Waals surface area contributed by atoms with Crippen LogP contribution >= 0.6 is 0 Å². The lowest BCUT2D eigenvalue weighted by Gasteiger charge is -2.21. The van der Waals surface area contributed by atoms with E-state index in [0.29, 0.717) is 31.4 Å². The number of nitrogens with one attached hydrogen (secondary N) is 2. The number of methoxy groups -OCH3 is 1. The minimum absolute atomic E-state index is 0.297. The second kappa shape index (κ2) is 8.85. The maximum atomic E-state index is 11.8. The average molecular weight is 278 g/mol. The number of hydrogen-bond acceptors (Lipinski definition) is 4. The molecule has 1 fully saturated rings. The van der Waals surface area contributed by atoms with E-state index in [9.17, 15) is 8.42 Å². The zero-order chi connectivity index (χ0) is 13.3. The van der Waals surface area contributed by atoms with E-state index in [1.807, 2.05) is 0 Å². The molecule has 0 amide bonds. The lowest BCUT2D eigenvalue weighted by molar-refractivity contribution is 0.199. The molecule has 0 bridgehead atoms. The maximum Gasteiger partial charge on any atom is 0.211 e. The molecule has 108 valence electrons. The summed E-state index contributed by atoms with van der Waals surface area (Å²) in [6.07, 6.45) is 5.74. The van der Waals surface area contributed by atoms with Crippen molar-refractivity contribution < 1.29 is 13.2 Å². The van der Waals surface area contributed by atoms with E-state index < -0.39 is 10.0 Å². The molecule has 0 atom stereocenters. The first-order valence-electron chi connectivity index (χ1n) is 6.81. The van der Waals surface area contributed by atoms with Gasteiger partial charge in [0.05, 0.1) is 12.4 Å². The third kappa shape index (κ3) is 7.31. The van der Waals surface area contributed by atoms with Gasteiger partial charge in [-0.15, -0.1) is 0 Å². The molecule has 0 aromatic heterocycles. The SMILES string of the molecule is COCCNCCNS(=O)(=O)CC1CCCCC1. The molecule has 1 aliphatic carbocycles. The van der Waals surface area contributed by atoms with E-state index in [0.717, 1.165) is 19.4 Å². The maximum absolute atomic E-state index is 11.8. The van der Waals surface area contributed by atoms with Crippen molar-refractivity contribution in [2.75, 3.05) is 39.1 Å². The van der Waals surface area contributed by atoms with Gasteiger partial charge in [-0.1, -0.05) is 19.3 Å². The Morgan fingerprint density at radius 2 is 1.83 bits per heavy atom. The molecular formula is C12H26N2O3S. The number of ether oxygens (including phenoxy) is 1. The standard InChI is InChI=1S/C12H26N2O3S/c1-17-10-9-13-7-8-14-18(15,16)11-12-5-3-2-4-6-12/h12-14H,2-11H2,1H3. The smallest absolute Gasteiger partial charge is 0.211 e. The predicted octanol–water partition coefficient (Wildman–Crippen LogP) is 0.722. The Labute approximate surface area is 111 Å². The molecule has 0 spiro atoms. The Hall–Kier alpha value is -0.170. The van der Waals surface area contributed by atoms with Gasteiger partial charge in [-0.05, 0) is 18.8 Å². The van der Waals surface area contributed by atoms with Crippen LogP contribution in [0, 0.1) is 5.92 Å². The van der Waals surface area contributed by atoms with Crippen LogP contribution in [0.4, 0.5) is 0 Å². The Balaban J connectivity index is 2.11. The van der Waals surface area contributed by atoms with Gasteiger partial charge < -0.3 is 10.1 Å². The zero-order valence-electron chi connectivity index (χ0n) is 11.3. The fourth-order valence-electron chi connectivity index (χ4n) is 2.32. The van der Waals surface area contributed by atoms with Crippen molar-refractivity contribution in [3.63, 3.8) is 0 Å². The molecule has 0 aromatic rings. The van der Waals surface area contributed by atoms with Gasteiger partial charge in [-0.25, -0.2) is 13.1 Å². The molecule has 0 saturated heterocycles. The van der Waals surface area contributed by atoms with Crippen molar-refractivity contribution in [1.29, 1.82) is 0 Å². The minimum Gasteiger partial charge on any atom is -0.383 e. The molecule has 1 aliphatic rings. The predicted molar refractivity (Wildman–Crippen MR) is 73.1 cm³/mol. The van der Waals surface area contributed by atoms with Crippen molar-refractivity contribution in [2.24, 2.45) is 5.92 Å². The van der Waals surface area contributed by atoms with E-state index in [-0.39, 0.29) is 0 Å². The Kier molecular flexibility index (Phi) is 7.81. The van der Waals surface area contributed by atoms with Crippen molar-refractivity contribution in [3.05, 3.63) is 0 Å². The number of sulfonamides is 1. The summed E-state index contributed by atoms with van der Waals surface area (Å²) in [7, 11) is -1.45.